The van der Waals surface area contributed by atoms with Gasteiger partial charge < -0.3 is 0 Å². The maximum Gasteiger partial charge on any atom is -0.0319 e. The summed E-state index contributed by atoms with van der Waals surface area (Å²) < 4.78 is 0. The minimum Gasteiger partial charge on any atom is -0.0776 e. The molecule has 0 aromatic heterocycles. The molecule has 7 aliphatic rings. The zero-order valence-corrected chi connectivity index (χ0v) is 48.6. The van der Waals surface area contributed by atoms with Gasteiger partial charge in [-0.15, -0.1) is 0 Å². The summed E-state index contributed by atoms with van der Waals surface area (Å²) in [6.45, 7) is 61.1. The lowest BCUT2D eigenvalue weighted by molar-refractivity contribution is 0.0250. The third kappa shape index (κ3) is 27.0. The van der Waals surface area contributed by atoms with E-state index in [1.807, 2.05) is 55.4 Å². The first-order valence-electron chi connectivity index (χ1n) is 28.0. The van der Waals surface area contributed by atoms with Crippen LogP contribution in [-0.2, 0) is 0 Å². The van der Waals surface area contributed by atoms with Crippen LogP contribution in [0, 0.1) is 85.8 Å². The van der Waals surface area contributed by atoms with Gasteiger partial charge in [0.2, 0.25) is 0 Å². The van der Waals surface area contributed by atoms with Gasteiger partial charge in [-0.25, -0.2) is 0 Å². The van der Waals surface area contributed by atoms with Crippen LogP contribution in [0.5, 0.6) is 0 Å². The lowest BCUT2D eigenvalue weighted by Gasteiger charge is -2.48. The molecule has 0 aromatic carbocycles. The van der Waals surface area contributed by atoms with Crippen LogP contribution < -0.4 is 0 Å². The fraction of sp³-hybridized carbons (Fsp3) is 1.00. The molecule has 4 unspecified atom stereocenters. The Hall–Kier alpha value is 0. The molecule has 0 aliphatic heterocycles. The van der Waals surface area contributed by atoms with Crippen LogP contribution in [0.4, 0.5) is 0 Å². The van der Waals surface area contributed by atoms with Crippen molar-refractivity contribution >= 4 is 0 Å². The molecule has 62 heavy (non-hydrogen) atoms. The van der Waals surface area contributed by atoms with Crippen molar-refractivity contribution in [2.24, 2.45) is 85.8 Å². The minimum atomic E-state index is 0. The van der Waals surface area contributed by atoms with Crippen molar-refractivity contribution in [3.05, 3.63) is 0 Å². The molecule has 7 rings (SSSR count). The first-order chi connectivity index (χ1) is 28.0. The van der Waals surface area contributed by atoms with Crippen LogP contribution in [0.2, 0.25) is 0 Å². The van der Waals surface area contributed by atoms with Crippen molar-refractivity contribution in [2.45, 2.75) is 316 Å². The van der Waals surface area contributed by atoms with Gasteiger partial charge in [-0.05, 0) is 150 Å². The van der Waals surface area contributed by atoms with E-state index in [1.165, 1.54) is 116 Å². The molecule has 0 spiro atoms. The Morgan fingerprint density at radius 1 is 0.339 bits per heavy atom. The maximum atomic E-state index is 2.43. The summed E-state index contributed by atoms with van der Waals surface area (Å²) in [6.07, 6.45) is 28.4. The second-order valence-corrected chi connectivity index (χ2v) is 26.4. The topological polar surface area (TPSA) is 0 Å². The highest BCUT2D eigenvalue weighted by atomic mass is 14.5. The molecule has 0 heteroatoms. The van der Waals surface area contributed by atoms with Gasteiger partial charge in [0.25, 0.3) is 0 Å². The third-order valence-corrected chi connectivity index (χ3v) is 15.9. The molecular weight excluding hydrogens is 745 g/mol. The Labute approximate surface area is 400 Å². The van der Waals surface area contributed by atoms with Gasteiger partial charge in [0.05, 0.1) is 0 Å². The molecule has 4 atom stereocenters. The van der Waals surface area contributed by atoms with E-state index in [0.717, 1.165) is 53.3 Å². The summed E-state index contributed by atoms with van der Waals surface area (Å²) in [5.41, 5.74) is 3.21. The number of hydrogen-bond acceptors (Lipinski definition) is 0. The predicted octanol–water partition coefficient (Wildman–Crippen LogP) is 23.0. The SMILES string of the molecule is C.CC.CC.CC.CC.CC(C)(C)C1CC2CCC1C2.CC(C)(C)C1CC2CCC1CC2.CC(C)(C)C1CCCC1.CC(C)(C)C1CCCCC1.CCC(C(C)(C)C)C(C)(C)C. The highest BCUT2D eigenvalue weighted by Crippen LogP contribution is 2.54. The van der Waals surface area contributed by atoms with Crippen LogP contribution in [0.3, 0.4) is 0 Å². The monoisotopic (exact) mass is 877 g/mol. The molecule has 0 nitrogen and oxygen atoms in total. The van der Waals surface area contributed by atoms with Gasteiger partial charge >= 0.3 is 0 Å². The molecule has 7 fully saturated rings. The number of rotatable bonds is 1. The Morgan fingerprint density at radius 3 is 0.790 bits per heavy atom. The van der Waals surface area contributed by atoms with E-state index in [4.69, 9.17) is 0 Å². The molecule has 0 N–H and O–H groups in total. The highest BCUT2D eigenvalue weighted by Gasteiger charge is 2.44. The van der Waals surface area contributed by atoms with Gasteiger partial charge in [-0.2, -0.15) is 0 Å². The average molecular weight is 878 g/mol. The Bertz CT molecular complexity index is 952. The van der Waals surface area contributed by atoms with Crippen molar-refractivity contribution in [1.29, 1.82) is 0 Å². The van der Waals surface area contributed by atoms with E-state index < -0.39 is 0 Å². The van der Waals surface area contributed by atoms with Crippen LogP contribution in [-0.4, -0.2) is 0 Å². The van der Waals surface area contributed by atoms with E-state index in [1.54, 1.807) is 6.42 Å². The third-order valence-electron chi connectivity index (χ3n) is 15.9. The number of fused-ring (bicyclic) bond motifs is 5. The van der Waals surface area contributed by atoms with Gasteiger partial charge in [-0.1, -0.05) is 252 Å². The molecule has 7 aliphatic carbocycles. The van der Waals surface area contributed by atoms with Crippen molar-refractivity contribution in [3.63, 3.8) is 0 Å². The molecule has 0 amide bonds. The fourth-order valence-corrected chi connectivity index (χ4v) is 13.0. The Balaban J connectivity index is -0.000000325. The number of hydrogen-bond donors (Lipinski definition) is 0. The zero-order valence-electron chi connectivity index (χ0n) is 48.6. The molecule has 0 radical (unpaired) electrons. The van der Waals surface area contributed by atoms with Crippen LogP contribution in [0.25, 0.3) is 0 Å². The summed E-state index contributed by atoms with van der Waals surface area (Å²) in [5.74, 6) is 9.29. The fourth-order valence-electron chi connectivity index (χ4n) is 13.0. The smallest absolute Gasteiger partial charge is 0.0319 e. The normalized spacial score (nSPS) is 25.7. The summed E-state index contributed by atoms with van der Waals surface area (Å²) in [6, 6.07) is 0. The summed E-state index contributed by atoms with van der Waals surface area (Å²) >= 11 is 0. The molecule has 4 bridgehead atoms. The molecule has 7 saturated carbocycles. The first-order valence-corrected chi connectivity index (χ1v) is 28.0. The lowest BCUT2D eigenvalue weighted by Crippen LogP contribution is -2.38. The summed E-state index contributed by atoms with van der Waals surface area (Å²) in [7, 11) is 0. The molecule has 380 valence electrons. The molecule has 0 aromatic rings. The summed E-state index contributed by atoms with van der Waals surface area (Å²) in [5, 5.41) is 0. The van der Waals surface area contributed by atoms with Crippen molar-refractivity contribution in [1.82, 2.24) is 0 Å². The van der Waals surface area contributed by atoms with Gasteiger partial charge in [0.15, 0.2) is 0 Å². The minimum absolute atomic E-state index is 0. The van der Waals surface area contributed by atoms with Crippen molar-refractivity contribution < 1.29 is 0 Å². The first kappa shape index (κ1) is 68.6. The zero-order chi connectivity index (χ0) is 48.6. The Morgan fingerprint density at radius 2 is 0.629 bits per heavy atom. The largest absolute Gasteiger partial charge is 0.0776 e. The molecule has 0 saturated heterocycles. The van der Waals surface area contributed by atoms with Crippen LogP contribution >= 0.6 is 0 Å². The molecule has 0 heterocycles. The highest BCUT2D eigenvalue weighted by molar-refractivity contribution is 4.95. The second-order valence-electron chi connectivity index (χ2n) is 26.4. The maximum absolute atomic E-state index is 2.43. The van der Waals surface area contributed by atoms with E-state index in [-0.39, 0.29) is 7.43 Å². The van der Waals surface area contributed by atoms with Gasteiger partial charge in [0.1, 0.15) is 0 Å². The van der Waals surface area contributed by atoms with Crippen LogP contribution in [0.15, 0.2) is 0 Å². The molecular formula is C62H132. The van der Waals surface area contributed by atoms with Crippen molar-refractivity contribution in [2.75, 3.05) is 0 Å². The van der Waals surface area contributed by atoms with Gasteiger partial charge in [-0.3, -0.25) is 0 Å². The summed E-state index contributed by atoms with van der Waals surface area (Å²) in [4.78, 5) is 0. The van der Waals surface area contributed by atoms with Gasteiger partial charge in [0, 0.05) is 0 Å². The standard InChI is InChI=1S/C12H22.C11H20.C11H24.C10H20.C9H18.4C2H6.CH4/c1-12(2,3)11-8-9-4-6-10(11)7-5-9;1-11(2,3)10-7-8-4-5-9(10)6-8;1-8-9(10(2,3)4)11(5,6)7;1-10(2,3)9-7-5-4-6-8-9;1-9(2,3)8-6-4-5-7-8;4*1-2;/h9-11H,4-8H2,1-3H3;8-10H,4-7H2,1-3H3;9H,8H2,1-7H3;9H,4-8H2,1-3H3;8H,4-7H2,1-3H3;4*1-2H3;1H4. The van der Waals surface area contributed by atoms with Crippen molar-refractivity contribution in [3.8, 4) is 0 Å². The average Bonchev–Trinajstić information content (AvgIpc) is 3.99. The second kappa shape index (κ2) is 32.7. The van der Waals surface area contributed by atoms with E-state index in [2.05, 4.69) is 132 Å². The Kier molecular flexibility index (Phi) is 36.1. The van der Waals surface area contributed by atoms with Crippen LogP contribution in [0.1, 0.15) is 316 Å². The van der Waals surface area contributed by atoms with E-state index >= 15 is 0 Å². The lowest BCUT2D eigenvalue weighted by atomic mass is 9.57. The predicted molar refractivity (Wildman–Crippen MR) is 294 cm³/mol. The quantitative estimate of drug-likeness (QED) is 0.246. The van der Waals surface area contributed by atoms with E-state index in [0.29, 0.717) is 32.5 Å². The van der Waals surface area contributed by atoms with E-state index in [9.17, 15) is 0 Å².